The molecule has 3 N–H and O–H groups in total. The highest BCUT2D eigenvalue weighted by atomic mass is 16.7. The third-order valence-corrected chi connectivity index (χ3v) is 3.41. The Labute approximate surface area is 95.7 Å². The minimum absolute atomic E-state index is 0.185. The van der Waals surface area contributed by atoms with Crippen molar-refractivity contribution in [2.45, 2.75) is 43.6 Å². The maximum absolute atomic E-state index is 9.23. The van der Waals surface area contributed by atoms with Crippen LogP contribution in [0.25, 0.3) is 0 Å². The standard InChI is InChI=1S/C11H21NO4/c13-8-10(14)7-12-9-1-3-11(4-2-9)15-5-6-16-11/h9-10,12-14H,1-8H2. The number of aliphatic hydroxyl groups excluding tert-OH is 2. The van der Waals surface area contributed by atoms with Crippen LogP contribution in [0, 0.1) is 0 Å². The molecule has 1 spiro atoms. The normalized spacial score (nSPS) is 27.4. The maximum Gasteiger partial charge on any atom is 0.168 e. The molecule has 0 radical (unpaired) electrons. The molecule has 94 valence electrons. The van der Waals surface area contributed by atoms with E-state index in [0.717, 1.165) is 25.7 Å². The highest BCUT2D eigenvalue weighted by molar-refractivity contribution is 4.85. The molecule has 1 atom stereocenters. The minimum atomic E-state index is -0.658. The molecule has 0 aromatic heterocycles. The van der Waals surface area contributed by atoms with Gasteiger partial charge < -0.3 is 25.0 Å². The molecule has 2 fully saturated rings. The van der Waals surface area contributed by atoms with Crippen LogP contribution in [0.3, 0.4) is 0 Å². The van der Waals surface area contributed by atoms with Gasteiger partial charge in [0.25, 0.3) is 0 Å². The smallest absolute Gasteiger partial charge is 0.168 e. The van der Waals surface area contributed by atoms with E-state index >= 15 is 0 Å². The van der Waals surface area contributed by atoms with E-state index in [1.54, 1.807) is 0 Å². The topological polar surface area (TPSA) is 71.0 Å². The fourth-order valence-corrected chi connectivity index (χ4v) is 2.41. The SMILES string of the molecule is OCC(O)CNC1CCC2(CC1)OCCO2. The summed E-state index contributed by atoms with van der Waals surface area (Å²) in [7, 11) is 0. The number of hydrogen-bond donors (Lipinski definition) is 3. The van der Waals surface area contributed by atoms with E-state index < -0.39 is 6.10 Å². The van der Waals surface area contributed by atoms with Crippen molar-refractivity contribution in [3.63, 3.8) is 0 Å². The van der Waals surface area contributed by atoms with Gasteiger partial charge in [0, 0.05) is 25.4 Å². The van der Waals surface area contributed by atoms with Crippen LogP contribution in [0.1, 0.15) is 25.7 Å². The van der Waals surface area contributed by atoms with Crippen molar-refractivity contribution in [3.8, 4) is 0 Å². The molecule has 2 rings (SSSR count). The van der Waals surface area contributed by atoms with Crippen LogP contribution in [0.15, 0.2) is 0 Å². The Morgan fingerprint density at radius 1 is 1.25 bits per heavy atom. The quantitative estimate of drug-likeness (QED) is 0.615. The Balaban J connectivity index is 1.69. The van der Waals surface area contributed by atoms with Crippen LogP contribution in [-0.4, -0.2) is 54.5 Å². The summed E-state index contributed by atoms with van der Waals surface area (Å²) < 4.78 is 11.3. The van der Waals surface area contributed by atoms with Gasteiger partial charge in [0.15, 0.2) is 5.79 Å². The van der Waals surface area contributed by atoms with E-state index in [1.807, 2.05) is 0 Å². The van der Waals surface area contributed by atoms with E-state index in [2.05, 4.69) is 5.32 Å². The summed E-state index contributed by atoms with van der Waals surface area (Å²) in [6, 6.07) is 0.402. The maximum atomic E-state index is 9.23. The monoisotopic (exact) mass is 231 g/mol. The highest BCUT2D eigenvalue weighted by Gasteiger charge is 2.40. The molecule has 1 saturated carbocycles. The van der Waals surface area contributed by atoms with Crippen molar-refractivity contribution < 1.29 is 19.7 Å². The fraction of sp³-hybridized carbons (Fsp3) is 1.00. The second-order valence-electron chi connectivity index (χ2n) is 4.63. The molecule has 0 aromatic rings. The van der Waals surface area contributed by atoms with Crippen LogP contribution in [-0.2, 0) is 9.47 Å². The number of nitrogens with one attached hydrogen (secondary N) is 1. The number of hydrogen-bond acceptors (Lipinski definition) is 5. The van der Waals surface area contributed by atoms with Gasteiger partial charge in [-0.05, 0) is 12.8 Å². The van der Waals surface area contributed by atoms with Crippen molar-refractivity contribution in [3.05, 3.63) is 0 Å². The van der Waals surface area contributed by atoms with Gasteiger partial charge in [-0.15, -0.1) is 0 Å². The summed E-state index contributed by atoms with van der Waals surface area (Å²) in [6.45, 7) is 1.69. The van der Waals surface area contributed by atoms with Crippen LogP contribution < -0.4 is 5.32 Å². The zero-order valence-electron chi connectivity index (χ0n) is 9.52. The molecule has 2 aliphatic rings. The summed E-state index contributed by atoms with van der Waals surface area (Å²) in [6.07, 6.45) is 3.17. The predicted octanol–water partition coefficient (Wildman–Crippen LogP) is -0.385. The molecule has 5 heteroatoms. The van der Waals surface area contributed by atoms with Gasteiger partial charge in [0.1, 0.15) is 0 Å². The average molecular weight is 231 g/mol. The molecule has 1 aliphatic carbocycles. The molecule has 1 unspecified atom stereocenters. The lowest BCUT2D eigenvalue weighted by atomic mass is 9.90. The van der Waals surface area contributed by atoms with Gasteiger partial charge in [0.05, 0.1) is 25.9 Å². The Bertz CT molecular complexity index is 208. The van der Waals surface area contributed by atoms with E-state index in [9.17, 15) is 5.11 Å². The zero-order valence-corrected chi connectivity index (χ0v) is 9.52. The third-order valence-electron chi connectivity index (χ3n) is 3.41. The number of aliphatic hydroxyl groups is 2. The van der Waals surface area contributed by atoms with Crippen molar-refractivity contribution in [2.75, 3.05) is 26.4 Å². The Hall–Kier alpha value is -0.200. The zero-order chi connectivity index (χ0) is 11.4. The van der Waals surface area contributed by atoms with Crippen molar-refractivity contribution in [1.82, 2.24) is 5.32 Å². The largest absolute Gasteiger partial charge is 0.394 e. The summed E-state index contributed by atoms with van der Waals surface area (Å²) in [5, 5.41) is 21.2. The highest BCUT2D eigenvalue weighted by Crippen LogP contribution is 2.35. The first kappa shape index (κ1) is 12.3. The van der Waals surface area contributed by atoms with Crippen molar-refractivity contribution >= 4 is 0 Å². The van der Waals surface area contributed by atoms with Gasteiger partial charge in [-0.3, -0.25) is 0 Å². The lowest BCUT2D eigenvalue weighted by Gasteiger charge is -2.35. The number of rotatable bonds is 4. The summed E-state index contributed by atoms with van der Waals surface area (Å²) in [5.74, 6) is -0.312. The summed E-state index contributed by atoms with van der Waals surface area (Å²) in [5.41, 5.74) is 0. The van der Waals surface area contributed by atoms with Crippen LogP contribution in [0.2, 0.25) is 0 Å². The summed E-state index contributed by atoms with van der Waals surface area (Å²) >= 11 is 0. The predicted molar refractivity (Wildman–Crippen MR) is 58.0 cm³/mol. The van der Waals surface area contributed by atoms with E-state index in [0.29, 0.717) is 25.8 Å². The molecular weight excluding hydrogens is 210 g/mol. The molecule has 1 saturated heterocycles. The van der Waals surface area contributed by atoms with Gasteiger partial charge in [-0.25, -0.2) is 0 Å². The molecule has 0 amide bonds. The van der Waals surface area contributed by atoms with E-state index in [-0.39, 0.29) is 12.4 Å². The lowest BCUT2D eigenvalue weighted by Crippen LogP contribution is -2.44. The van der Waals surface area contributed by atoms with Gasteiger partial charge >= 0.3 is 0 Å². The van der Waals surface area contributed by atoms with E-state index in [4.69, 9.17) is 14.6 Å². The molecule has 1 heterocycles. The molecule has 16 heavy (non-hydrogen) atoms. The first-order valence-corrected chi connectivity index (χ1v) is 6.04. The summed E-state index contributed by atoms with van der Waals surface area (Å²) in [4.78, 5) is 0. The second kappa shape index (κ2) is 5.42. The van der Waals surface area contributed by atoms with Crippen LogP contribution in [0.4, 0.5) is 0 Å². The van der Waals surface area contributed by atoms with Crippen LogP contribution >= 0.6 is 0 Å². The Morgan fingerprint density at radius 2 is 1.88 bits per heavy atom. The minimum Gasteiger partial charge on any atom is -0.394 e. The molecular formula is C11H21NO4. The first-order valence-electron chi connectivity index (χ1n) is 6.04. The third kappa shape index (κ3) is 2.93. The molecule has 0 aromatic carbocycles. The average Bonchev–Trinajstić information content (AvgIpc) is 2.77. The molecule has 0 bridgehead atoms. The first-order chi connectivity index (χ1) is 7.74. The van der Waals surface area contributed by atoms with Gasteiger partial charge in [-0.2, -0.15) is 0 Å². The van der Waals surface area contributed by atoms with Crippen LogP contribution in [0.5, 0.6) is 0 Å². The second-order valence-corrected chi connectivity index (χ2v) is 4.63. The van der Waals surface area contributed by atoms with Crippen molar-refractivity contribution in [1.29, 1.82) is 0 Å². The Morgan fingerprint density at radius 3 is 2.44 bits per heavy atom. The van der Waals surface area contributed by atoms with E-state index in [1.165, 1.54) is 0 Å². The lowest BCUT2D eigenvalue weighted by molar-refractivity contribution is -0.179. The molecule has 1 aliphatic heterocycles. The van der Waals surface area contributed by atoms with Gasteiger partial charge in [-0.1, -0.05) is 0 Å². The molecule has 5 nitrogen and oxygen atoms in total. The number of ether oxygens (including phenoxy) is 2. The Kier molecular flexibility index (Phi) is 4.16. The fourth-order valence-electron chi connectivity index (χ4n) is 2.41. The van der Waals surface area contributed by atoms with Gasteiger partial charge in [0.2, 0.25) is 0 Å². The van der Waals surface area contributed by atoms with Crippen molar-refractivity contribution in [2.24, 2.45) is 0 Å².